The third kappa shape index (κ3) is 3.64. The highest BCUT2D eigenvalue weighted by molar-refractivity contribution is 5.66. The average Bonchev–Trinajstić information content (AvgIpc) is 2.24. The first-order valence-corrected chi connectivity index (χ1v) is 6.44. The summed E-state index contributed by atoms with van der Waals surface area (Å²) >= 11 is 0. The molecule has 1 rings (SSSR count). The number of benzene rings is 1. The lowest BCUT2D eigenvalue weighted by Gasteiger charge is -2.21. The second-order valence-electron chi connectivity index (χ2n) is 5.71. The molecule has 0 aliphatic rings. The van der Waals surface area contributed by atoms with Gasteiger partial charge in [-0.15, -0.1) is 0 Å². The molecule has 0 saturated carbocycles. The Balaban J connectivity index is 2.91. The maximum absolute atomic E-state index is 5.99. The van der Waals surface area contributed by atoms with Gasteiger partial charge in [-0.2, -0.15) is 0 Å². The molecule has 18 heavy (non-hydrogen) atoms. The van der Waals surface area contributed by atoms with Gasteiger partial charge in [-0.3, -0.25) is 0 Å². The number of hydrogen-bond donors (Lipinski definition) is 2. The molecule has 0 spiro atoms. The number of nitrogens with two attached hydrogens (primary N) is 1. The van der Waals surface area contributed by atoms with E-state index in [4.69, 9.17) is 10.5 Å². The molecule has 0 saturated heterocycles. The predicted molar refractivity (Wildman–Crippen MR) is 78.6 cm³/mol. The van der Waals surface area contributed by atoms with E-state index >= 15 is 0 Å². The molecule has 1 aromatic rings. The summed E-state index contributed by atoms with van der Waals surface area (Å²) in [5.41, 5.74) is 10.6. The molecule has 0 bridgehead atoms. The SMILES string of the molecule is COc1c(C)c(C)cc(C)c1NCCC(C)(C)N. The zero-order valence-electron chi connectivity index (χ0n) is 12.5. The summed E-state index contributed by atoms with van der Waals surface area (Å²) < 4.78 is 5.53. The van der Waals surface area contributed by atoms with Crippen LogP contribution in [0.3, 0.4) is 0 Å². The van der Waals surface area contributed by atoms with Crippen LogP contribution < -0.4 is 15.8 Å². The number of methoxy groups -OCH3 is 1. The summed E-state index contributed by atoms with van der Waals surface area (Å²) in [6.07, 6.45) is 0.919. The fourth-order valence-corrected chi connectivity index (χ4v) is 2.04. The first-order valence-electron chi connectivity index (χ1n) is 6.44. The fraction of sp³-hybridized carbons (Fsp3) is 0.600. The van der Waals surface area contributed by atoms with Crippen molar-refractivity contribution in [3.63, 3.8) is 0 Å². The average molecular weight is 250 g/mol. The summed E-state index contributed by atoms with van der Waals surface area (Å²) in [7, 11) is 1.72. The van der Waals surface area contributed by atoms with Crippen LogP contribution in [0.2, 0.25) is 0 Å². The van der Waals surface area contributed by atoms with Crippen molar-refractivity contribution in [3.05, 3.63) is 22.8 Å². The molecule has 0 aromatic heterocycles. The molecule has 0 fully saturated rings. The Morgan fingerprint density at radius 1 is 1.22 bits per heavy atom. The number of rotatable bonds is 5. The van der Waals surface area contributed by atoms with E-state index in [1.54, 1.807) is 7.11 Å². The third-order valence-electron chi connectivity index (χ3n) is 3.26. The van der Waals surface area contributed by atoms with E-state index in [2.05, 4.69) is 32.2 Å². The minimum atomic E-state index is -0.145. The first-order chi connectivity index (χ1) is 8.26. The number of anilines is 1. The molecular formula is C15H26N2O. The van der Waals surface area contributed by atoms with E-state index in [-0.39, 0.29) is 5.54 Å². The number of hydrogen-bond acceptors (Lipinski definition) is 3. The highest BCUT2D eigenvalue weighted by Crippen LogP contribution is 2.34. The van der Waals surface area contributed by atoms with Gasteiger partial charge in [0, 0.05) is 12.1 Å². The molecular weight excluding hydrogens is 224 g/mol. The monoisotopic (exact) mass is 250 g/mol. The van der Waals surface area contributed by atoms with Crippen LogP contribution in [0.15, 0.2) is 6.07 Å². The Morgan fingerprint density at radius 2 is 1.83 bits per heavy atom. The van der Waals surface area contributed by atoms with Gasteiger partial charge >= 0.3 is 0 Å². The Labute approximate surface area is 111 Å². The molecule has 3 heteroatoms. The molecule has 1 aromatic carbocycles. The van der Waals surface area contributed by atoms with Crippen molar-refractivity contribution in [2.24, 2.45) is 5.73 Å². The normalized spacial score (nSPS) is 11.5. The summed E-state index contributed by atoms with van der Waals surface area (Å²) in [4.78, 5) is 0. The molecule has 0 atom stereocenters. The zero-order chi connectivity index (χ0) is 13.9. The van der Waals surface area contributed by atoms with Crippen molar-refractivity contribution in [2.45, 2.75) is 46.6 Å². The Kier molecular flexibility index (Phi) is 4.63. The van der Waals surface area contributed by atoms with Crippen molar-refractivity contribution >= 4 is 5.69 Å². The van der Waals surface area contributed by atoms with Crippen LogP contribution in [0.25, 0.3) is 0 Å². The minimum absolute atomic E-state index is 0.145. The Morgan fingerprint density at radius 3 is 2.33 bits per heavy atom. The Hall–Kier alpha value is -1.22. The van der Waals surface area contributed by atoms with Crippen LogP contribution in [-0.4, -0.2) is 19.2 Å². The highest BCUT2D eigenvalue weighted by atomic mass is 16.5. The van der Waals surface area contributed by atoms with Gasteiger partial charge in [0.1, 0.15) is 5.75 Å². The van der Waals surface area contributed by atoms with E-state index < -0.39 is 0 Å². The van der Waals surface area contributed by atoms with Gasteiger partial charge < -0.3 is 15.8 Å². The molecule has 0 amide bonds. The largest absolute Gasteiger partial charge is 0.494 e. The van der Waals surface area contributed by atoms with Gasteiger partial charge in [-0.05, 0) is 57.7 Å². The van der Waals surface area contributed by atoms with Gasteiger partial charge in [-0.1, -0.05) is 6.07 Å². The molecule has 0 unspecified atom stereocenters. The second kappa shape index (κ2) is 5.61. The van der Waals surface area contributed by atoms with Crippen LogP contribution in [-0.2, 0) is 0 Å². The lowest BCUT2D eigenvalue weighted by Crippen LogP contribution is -2.34. The topological polar surface area (TPSA) is 47.3 Å². The molecule has 3 nitrogen and oxygen atoms in total. The van der Waals surface area contributed by atoms with Crippen molar-refractivity contribution < 1.29 is 4.74 Å². The van der Waals surface area contributed by atoms with E-state index in [1.165, 1.54) is 16.7 Å². The lowest BCUT2D eigenvalue weighted by atomic mass is 10.0. The number of aryl methyl sites for hydroxylation is 2. The smallest absolute Gasteiger partial charge is 0.145 e. The van der Waals surface area contributed by atoms with Crippen molar-refractivity contribution in [1.29, 1.82) is 0 Å². The fourth-order valence-electron chi connectivity index (χ4n) is 2.04. The van der Waals surface area contributed by atoms with E-state index in [0.29, 0.717) is 0 Å². The van der Waals surface area contributed by atoms with Gasteiger partial charge in [0.05, 0.1) is 12.8 Å². The predicted octanol–water partition coefficient (Wildman–Crippen LogP) is 3.16. The molecule has 0 heterocycles. The van der Waals surface area contributed by atoms with E-state index in [0.717, 1.165) is 24.4 Å². The second-order valence-corrected chi connectivity index (χ2v) is 5.71. The van der Waals surface area contributed by atoms with Crippen LogP contribution in [0.4, 0.5) is 5.69 Å². The van der Waals surface area contributed by atoms with Gasteiger partial charge in [-0.25, -0.2) is 0 Å². The van der Waals surface area contributed by atoms with E-state index in [1.807, 2.05) is 13.8 Å². The molecule has 0 aliphatic heterocycles. The summed E-state index contributed by atoms with van der Waals surface area (Å²) in [6, 6.07) is 2.19. The molecule has 102 valence electrons. The van der Waals surface area contributed by atoms with Crippen molar-refractivity contribution in [1.82, 2.24) is 0 Å². The van der Waals surface area contributed by atoms with Gasteiger partial charge in [0.2, 0.25) is 0 Å². The summed E-state index contributed by atoms with van der Waals surface area (Å²) in [5.74, 6) is 0.947. The van der Waals surface area contributed by atoms with Crippen molar-refractivity contribution in [2.75, 3.05) is 19.0 Å². The summed E-state index contributed by atoms with van der Waals surface area (Å²) in [6.45, 7) is 11.2. The van der Waals surface area contributed by atoms with Crippen LogP contribution in [0.1, 0.15) is 37.0 Å². The van der Waals surface area contributed by atoms with Gasteiger partial charge in [0.15, 0.2) is 0 Å². The van der Waals surface area contributed by atoms with Gasteiger partial charge in [0.25, 0.3) is 0 Å². The summed E-state index contributed by atoms with van der Waals surface area (Å²) in [5, 5.41) is 3.45. The van der Waals surface area contributed by atoms with Crippen LogP contribution in [0, 0.1) is 20.8 Å². The van der Waals surface area contributed by atoms with Crippen LogP contribution >= 0.6 is 0 Å². The number of ether oxygens (including phenoxy) is 1. The maximum Gasteiger partial charge on any atom is 0.145 e. The van der Waals surface area contributed by atoms with Crippen molar-refractivity contribution in [3.8, 4) is 5.75 Å². The lowest BCUT2D eigenvalue weighted by molar-refractivity contribution is 0.412. The molecule has 3 N–H and O–H groups in total. The molecule has 0 radical (unpaired) electrons. The molecule has 0 aliphatic carbocycles. The zero-order valence-corrected chi connectivity index (χ0v) is 12.5. The third-order valence-corrected chi connectivity index (χ3v) is 3.26. The number of nitrogens with one attached hydrogen (secondary N) is 1. The quantitative estimate of drug-likeness (QED) is 0.844. The van der Waals surface area contributed by atoms with Crippen LogP contribution in [0.5, 0.6) is 5.75 Å². The Bertz CT molecular complexity index is 419. The van der Waals surface area contributed by atoms with E-state index in [9.17, 15) is 0 Å². The highest BCUT2D eigenvalue weighted by Gasteiger charge is 2.14. The minimum Gasteiger partial charge on any atom is -0.494 e. The maximum atomic E-state index is 5.99. The first kappa shape index (κ1) is 14.8. The standard InChI is InChI=1S/C15H26N2O/c1-10-9-11(2)13(14(18-6)12(10)3)17-8-7-15(4,5)16/h9,17H,7-8,16H2,1-6H3.